The molecule has 0 aliphatic rings. The van der Waals surface area contributed by atoms with Gasteiger partial charge in [0.25, 0.3) is 8.53 Å². The van der Waals surface area contributed by atoms with E-state index in [1.165, 1.54) is 0 Å². The van der Waals surface area contributed by atoms with E-state index in [4.69, 9.17) is 14.3 Å². The lowest BCUT2D eigenvalue weighted by Crippen LogP contribution is -2.36. The van der Waals surface area contributed by atoms with Crippen molar-refractivity contribution in [3.8, 4) is 6.07 Å². The van der Waals surface area contributed by atoms with Crippen LogP contribution in [0.25, 0.3) is 0 Å². The van der Waals surface area contributed by atoms with E-state index in [-0.39, 0.29) is 5.60 Å². The summed E-state index contributed by atoms with van der Waals surface area (Å²) >= 11 is 0. The van der Waals surface area contributed by atoms with Crippen molar-refractivity contribution in [3.63, 3.8) is 0 Å². The van der Waals surface area contributed by atoms with E-state index in [2.05, 4.69) is 66.1 Å². The van der Waals surface area contributed by atoms with Gasteiger partial charge in [0.2, 0.25) is 0 Å². The minimum Gasteiger partial charge on any atom is -0.321 e. The van der Waals surface area contributed by atoms with Crippen molar-refractivity contribution in [2.75, 3.05) is 6.61 Å². The van der Waals surface area contributed by atoms with E-state index >= 15 is 0 Å². The molecule has 0 N–H and O–H groups in total. The van der Waals surface area contributed by atoms with Crippen molar-refractivity contribution in [2.24, 2.45) is 5.92 Å². The van der Waals surface area contributed by atoms with Gasteiger partial charge in [-0.3, -0.25) is 0 Å². The third-order valence-corrected chi connectivity index (χ3v) is 5.24. The topological polar surface area (TPSA) is 45.5 Å². The zero-order valence-corrected chi connectivity index (χ0v) is 15.9. The van der Waals surface area contributed by atoms with E-state index < -0.39 is 8.53 Å². The average Bonchev–Trinajstić information content (AvgIpc) is 2.25. The summed E-state index contributed by atoms with van der Waals surface area (Å²) in [7, 11) is -1.15. The molecule has 5 heteroatoms. The van der Waals surface area contributed by atoms with Crippen molar-refractivity contribution >= 4 is 8.53 Å². The van der Waals surface area contributed by atoms with Gasteiger partial charge < -0.3 is 9.05 Å². The molecule has 0 aliphatic carbocycles. The Morgan fingerprint density at radius 2 is 1.62 bits per heavy atom. The fraction of sp³-hybridized carbons (Fsp3) is 0.938. The second kappa shape index (κ2) is 9.74. The van der Waals surface area contributed by atoms with Crippen molar-refractivity contribution in [2.45, 2.75) is 85.9 Å². The van der Waals surface area contributed by atoms with E-state index in [9.17, 15) is 0 Å². The highest BCUT2D eigenvalue weighted by Crippen LogP contribution is 2.50. The summed E-state index contributed by atoms with van der Waals surface area (Å²) in [5.74, 6) is 0.572. The Hall–Kier alpha value is -0.200. The zero-order chi connectivity index (χ0) is 16.6. The first kappa shape index (κ1) is 20.8. The Morgan fingerprint density at radius 3 is 2.00 bits per heavy atom. The first-order chi connectivity index (χ1) is 9.60. The molecule has 0 saturated heterocycles. The number of hydrogen-bond donors (Lipinski definition) is 0. The molecule has 0 fully saturated rings. The molecule has 124 valence electrons. The van der Waals surface area contributed by atoms with Crippen LogP contribution in [0.2, 0.25) is 0 Å². The Bertz CT molecular complexity index is 317. The third kappa shape index (κ3) is 8.73. The van der Waals surface area contributed by atoms with Crippen LogP contribution in [0.1, 0.15) is 68.2 Å². The molecular formula is C16H33N2O2P. The van der Waals surface area contributed by atoms with Gasteiger partial charge in [-0.05, 0) is 53.9 Å². The highest BCUT2D eigenvalue weighted by Gasteiger charge is 2.33. The predicted molar refractivity (Wildman–Crippen MR) is 89.8 cm³/mol. The number of rotatable bonds is 10. The van der Waals surface area contributed by atoms with Crippen LogP contribution in [-0.2, 0) is 9.05 Å². The molecule has 0 aromatic heterocycles. The Labute approximate surface area is 132 Å². The smallest absolute Gasteiger partial charge is 0.259 e. The molecular weight excluding hydrogens is 283 g/mol. The van der Waals surface area contributed by atoms with Gasteiger partial charge in [-0.15, -0.1) is 0 Å². The maximum Gasteiger partial charge on any atom is 0.259 e. The maximum atomic E-state index is 8.71. The lowest BCUT2D eigenvalue weighted by atomic mass is 9.97. The summed E-state index contributed by atoms with van der Waals surface area (Å²) in [5, 5.41) is 8.71. The first-order valence-electron chi connectivity index (χ1n) is 7.88. The van der Waals surface area contributed by atoms with Gasteiger partial charge >= 0.3 is 0 Å². The molecule has 1 unspecified atom stereocenters. The molecule has 0 spiro atoms. The fourth-order valence-corrected chi connectivity index (χ4v) is 4.29. The Balaban J connectivity index is 4.99. The monoisotopic (exact) mass is 316 g/mol. The predicted octanol–water partition coefficient (Wildman–Crippen LogP) is 5.10. The summed E-state index contributed by atoms with van der Waals surface area (Å²) in [6.07, 6.45) is 1.38. The van der Waals surface area contributed by atoms with Gasteiger partial charge in [0.1, 0.15) is 0 Å². The third-order valence-electron chi connectivity index (χ3n) is 2.89. The molecule has 0 aliphatic heterocycles. The molecule has 0 bridgehead atoms. The second-order valence-electron chi connectivity index (χ2n) is 7.00. The fourth-order valence-electron chi connectivity index (χ4n) is 2.51. The first-order valence-corrected chi connectivity index (χ1v) is 9.01. The van der Waals surface area contributed by atoms with Gasteiger partial charge in [-0.1, -0.05) is 13.8 Å². The van der Waals surface area contributed by atoms with Gasteiger partial charge in [-0.2, -0.15) is 5.26 Å². The molecule has 4 nitrogen and oxygen atoms in total. The number of nitriles is 1. The van der Waals surface area contributed by atoms with Crippen LogP contribution < -0.4 is 0 Å². The summed E-state index contributed by atoms with van der Waals surface area (Å²) in [6.45, 7) is 17.7. The van der Waals surface area contributed by atoms with Crippen molar-refractivity contribution < 1.29 is 9.05 Å². The van der Waals surface area contributed by atoms with Crippen LogP contribution in [0, 0.1) is 17.2 Å². The molecule has 0 heterocycles. The largest absolute Gasteiger partial charge is 0.321 e. The Morgan fingerprint density at radius 1 is 1.10 bits per heavy atom. The lowest BCUT2D eigenvalue weighted by Gasteiger charge is -2.40. The van der Waals surface area contributed by atoms with Crippen molar-refractivity contribution in [1.29, 1.82) is 5.26 Å². The Kier molecular flexibility index (Phi) is 9.65. The van der Waals surface area contributed by atoms with E-state index in [1.807, 2.05) is 0 Å². The minimum atomic E-state index is -1.15. The van der Waals surface area contributed by atoms with Crippen LogP contribution in [0.4, 0.5) is 0 Å². The van der Waals surface area contributed by atoms with Crippen LogP contribution in [0.15, 0.2) is 0 Å². The quantitative estimate of drug-likeness (QED) is 0.415. The van der Waals surface area contributed by atoms with Gasteiger partial charge in [0, 0.05) is 12.1 Å². The van der Waals surface area contributed by atoms with Crippen LogP contribution >= 0.6 is 8.53 Å². The normalized spacial score (nSPS) is 14.2. The van der Waals surface area contributed by atoms with Gasteiger partial charge in [0.05, 0.1) is 24.7 Å². The summed E-state index contributed by atoms with van der Waals surface area (Å²) < 4.78 is 14.5. The molecule has 0 aromatic carbocycles. The minimum absolute atomic E-state index is 0.228. The standard InChI is InChI=1S/C16H33N2O2P/c1-13(2)12-16(7,8)20-21(19-11-9-10-17)18(14(3)4)15(5)6/h13-15H,9,11-12H2,1-8H3. The van der Waals surface area contributed by atoms with Crippen molar-refractivity contribution in [1.82, 2.24) is 4.67 Å². The molecule has 0 amide bonds. The number of hydrogen-bond acceptors (Lipinski definition) is 4. The highest BCUT2D eigenvalue weighted by atomic mass is 31.2. The number of nitrogens with zero attached hydrogens (tertiary/aromatic N) is 2. The van der Waals surface area contributed by atoms with E-state index in [0.717, 1.165) is 6.42 Å². The molecule has 0 rings (SSSR count). The van der Waals surface area contributed by atoms with E-state index in [0.29, 0.717) is 31.0 Å². The van der Waals surface area contributed by atoms with Gasteiger partial charge in [0.15, 0.2) is 0 Å². The summed E-state index contributed by atoms with van der Waals surface area (Å²) in [4.78, 5) is 0. The zero-order valence-electron chi connectivity index (χ0n) is 15.0. The van der Waals surface area contributed by atoms with E-state index in [1.54, 1.807) is 0 Å². The van der Waals surface area contributed by atoms with Crippen LogP contribution in [-0.4, -0.2) is 29.0 Å². The van der Waals surface area contributed by atoms with Gasteiger partial charge in [-0.25, -0.2) is 4.67 Å². The average molecular weight is 316 g/mol. The second-order valence-corrected chi connectivity index (χ2v) is 8.37. The lowest BCUT2D eigenvalue weighted by molar-refractivity contribution is 0.0556. The molecule has 0 radical (unpaired) electrons. The molecule has 0 aromatic rings. The summed E-state index contributed by atoms with van der Waals surface area (Å²) in [6, 6.07) is 2.81. The molecule has 0 saturated carbocycles. The molecule has 1 atom stereocenters. The maximum absolute atomic E-state index is 8.71. The SMILES string of the molecule is CC(C)CC(C)(C)OP(OCCC#N)N(C(C)C)C(C)C. The van der Waals surface area contributed by atoms with Crippen molar-refractivity contribution in [3.05, 3.63) is 0 Å². The summed E-state index contributed by atoms with van der Waals surface area (Å²) in [5.41, 5.74) is -0.228. The highest BCUT2D eigenvalue weighted by molar-refractivity contribution is 7.44. The van der Waals surface area contributed by atoms with Crippen LogP contribution in [0.5, 0.6) is 0 Å². The molecule has 21 heavy (non-hydrogen) atoms. The van der Waals surface area contributed by atoms with Crippen LogP contribution in [0.3, 0.4) is 0 Å².